The van der Waals surface area contributed by atoms with Gasteiger partial charge in [0.05, 0.1) is 5.56 Å². The van der Waals surface area contributed by atoms with Crippen LogP contribution in [0, 0.1) is 5.82 Å². The van der Waals surface area contributed by atoms with Crippen LogP contribution in [0.15, 0.2) is 48.5 Å². The van der Waals surface area contributed by atoms with E-state index >= 15 is 0 Å². The summed E-state index contributed by atoms with van der Waals surface area (Å²) in [6, 6.07) is 14.2. The Morgan fingerprint density at radius 1 is 1.10 bits per heavy atom. The fourth-order valence-electron chi connectivity index (χ4n) is 2.19. The summed E-state index contributed by atoms with van der Waals surface area (Å²) in [6.07, 6.45) is 0. The van der Waals surface area contributed by atoms with Crippen molar-refractivity contribution >= 4 is 5.91 Å². The van der Waals surface area contributed by atoms with E-state index in [9.17, 15) is 9.18 Å². The van der Waals surface area contributed by atoms with Crippen molar-refractivity contribution in [2.24, 2.45) is 0 Å². The maximum atomic E-state index is 13.6. The Hall–Kier alpha value is -2.16. The molecule has 0 aliphatic heterocycles. The molecule has 110 valence electrons. The first-order valence-corrected chi connectivity index (χ1v) is 7.08. The normalized spacial score (nSPS) is 10.7. The quantitative estimate of drug-likeness (QED) is 0.823. The SMILES string of the molecule is CC(C)c1ccc(CN(C)C(=O)c2ccccc2F)cc1. The summed E-state index contributed by atoms with van der Waals surface area (Å²) in [7, 11) is 1.69. The molecule has 0 heterocycles. The minimum absolute atomic E-state index is 0.110. The third-order valence-corrected chi connectivity index (χ3v) is 3.52. The monoisotopic (exact) mass is 285 g/mol. The van der Waals surface area contributed by atoms with Gasteiger partial charge in [0.1, 0.15) is 5.82 Å². The highest BCUT2D eigenvalue weighted by molar-refractivity contribution is 5.94. The Kier molecular flexibility index (Phi) is 4.73. The van der Waals surface area contributed by atoms with Gasteiger partial charge < -0.3 is 4.90 Å². The molecule has 0 bridgehead atoms. The van der Waals surface area contributed by atoms with E-state index in [2.05, 4.69) is 26.0 Å². The molecule has 2 nitrogen and oxygen atoms in total. The predicted octanol–water partition coefficient (Wildman–Crippen LogP) is 4.22. The van der Waals surface area contributed by atoms with E-state index in [0.717, 1.165) is 5.56 Å². The fourth-order valence-corrected chi connectivity index (χ4v) is 2.19. The van der Waals surface area contributed by atoms with Crippen LogP contribution in [-0.2, 0) is 6.54 Å². The molecule has 0 aromatic heterocycles. The van der Waals surface area contributed by atoms with E-state index in [4.69, 9.17) is 0 Å². The third-order valence-electron chi connectivity index (χ3n) is 3.52. The Bertz CT molecular complexity index is 619. The van der Waals surface area contributed by atoms with Crippen LogP contribution < -0.4 is 0 Å². The van der Waals surface area contributed by atoms with Crippen LogP contribution in [0.4, 0.5) is 4.39 Å². The molecule has 0 saturated heterocycles. The van der Waals surface area contributed by atoms with Crippen molar-refractivity contribution in [3.05, 3.63) is 71.0 Å². The predicted molar refractivity (Wildman–Crippen MR) is 82.7 cm³/mol. The summed E-state index contributed by atoms with van der Waals surface area (Å²) in [4.78, 5) is 13.8. The molecular formula is C18H20FNO. The highest BCUT2D eigenvalue weighted by atomic mass is 19.1. The largest absolute Gasteiger partial charge is 0.337 e. The number of amides is 1. The lowest BCUT2D eigenvalue weighted by Gasteiger charge is -2.18. The van der Waals surface area contributed by atoms with Gasteiger partial charge >= 0.3 is 0 Å². The molecule has 0 spiro atoms. The summed E-state index contributed by atoms with van der Waals surface area (Å²) in [6.45, 7) is 4.75. The van der Waals surface area contributed by atoms with E-state index in [1.165, 1.54) is 22.6 Å². The maximum absolute atomic E-state index is 13.6. The first-order valence-electron chi connectivity index (χ1n) is 7.08. The molecule has 0 unspecified atom stereocenters. The Balaban J connectivity index is 2.09. The van der Waals surface area contributed by atoms with Crippen molar-refractivity contribution < 1.29 is 9.18 Å². The van der Waals surface area contributed by atoms with E-state index < -0.39 is 5.82 Å². The lowest BCUT2D eigenvalue weighted by atomic mass is 10.0. The molecule has 1 amide bonds. The minimum Gasteiger partial charge on any atom is -0.337 e. The van der Waals surface area contributed by atoms with Gasteiger partial charge in [-0.25, -0.2) is 4.39 Å². The van der Waals surface area contributed by atoms with Crippen molar-refractivity contribution in [1.29, 1.82) is 0 Å². The van der Waals surface area contributed by atoms with E-state index in [0.29, 0.717) is 12.5 Å². The van der Waals surface area contributed by atoms with E-state index in [1.54, 1.807) is 19.2 Å². The molecule has 2 aromatic carbocycles. The number of hydrogen-bond acceptors (Lipinski definition) is 1. The van der Waals surface area contributed by atoms with Crippen LogP contribution in [0.5, 0.6) is 0 Å². The van der Waals surface area contributed by atoms with Crippen LogP contribution in [0.1, 0.15) is 41.3 Å². The Morgan fingerprint density at radius 3 is 2.29 bits per heavy atom. The van der Waals surface area contributed by atoms with Gasteiger partial charge in [0.15, 0.2) is 0 Å². The number of rotatable bonds is 4. The summed E-state index contributed by atoms with van der Waals surface area (Å²) < 4.78 is 13.6. The Labute approximate surface area is 125 Å². The molecule has 2 rings (SSSR count). The van der Waals surface area contributed by atoms with Crippen molar-refractivity contribution in [3.63, 3.8) is 0 Å². The topological polar surface area (TPSA) is 20.3 Å². The molecular weight excluding hydrogens is 265 g/mol. The molecule has 0 aliphatic rings. The first-order chi connectivity index (χ1) is 9.99. The first kappa shape index (κ1) is 15.2. The van der Waals surface area contributed by atoms with Crippen molar-refractivity contribution in [3.8, 4) is 0 Å². The van der Waals surface area contributed by atoms with Crippen LogP contribution in [0.3, 0.4) is 0 Å². The average molecular weight is 285 g/mol. The number of halogens is 1. The number of benzene rings is 2. The van der Waals surface area contributed by atoms with Gasteiger partial charge in [0.2, 0.25) is 0 Å². The second kappa shape index (κ2) is 6.53. The van der Waals surface area contributed by atoms with Gasteiger partial charge in [-0.2, -0.15) is 0 Å². The Morgan fingerprint density at radius 2 is 1.71 bits per heavy atom. The van der Waals surface area contributed by atoms with Gasteiger partial charge in [-0.15, -0.1) is 0 Å². The summed E-state index contributed by atoms with van der Waals surface area (Å²) in [5.74, 6) is -0.303. The minimum atomic E-state index is -0.482. The highest BCUT2D eigenvalue weighted by Crippen LogP contribution is 2.16. The number of hydrogen-bond donors (Lipinski definition) is 0. The van der Waals surface area contributed by atoms with Crippen LogP contribution >= 0.6 is 0 Å². The van der Waals surface area contributed by atoms with Gasteiger partial charge in [0, 0.05) is 13.6 Å². The van der Waals surface area contributed by atoms with Gasteiger partial charge in [-0.05, 0) is 29.2 Å². The molecule has 0 atom stereocenters. The van der Waals surface area contributed by atoms with E-state index in [-0.39, 0.29) is 11.5 Å². The van der Waals surface area contributed by atoms with Gasteiger partial charge in [-0.1, -0.05) is 50.2 Å². The van der Waals surface area contributed by atoms with Crippen molar-refractivity contribution in [2.75, 3.05) is 7.05 Å². The van der Waals surface area contributed by atoms with Gasteiger partial charge in [-0.3, -0.25) is 4.79 Å². The zero-order chi connectivity index (χ0) is 15.4. The van der Waals surface area contributed by atoms with Crippen LogP contribution in [0.2, 0.25) is 0 Å². The second-order valence-electron chi connectivity index (χ2n) is 5.54. The number of nitrogens with zero attached hydrogens (tertiary/aromatic N) is 1. The zero-order valence-corrected chi connectivity index (χ0v) is 12.6. The molecule has 0 radical (unpaired) electrons. The summed E-state index contributed by atoms with van der Waals surface area (Å²) in [5.41, 5.74) is 2.41. The molecule has 2 aromatic rings. The maximum Gasteiger partial charge on any atom is 0.256 e. The van der Waals surface area contributed by atoms with Crippen molar-refractivity contribution in [2.45, 2.75) is 26.3 Å². The summed E-state index contributed by atoms with van der Waals surface area (Å²) in [5, 5.41) is 0. The highest BCUT2D eigenvalue weighted by Gasteiger charge is 2.15. The second-order valence-corrected chi connectivity index (χ2v) is 5.54. The summed E-state index contributed by atoms with van der Waals surface area (Å²) >= 11 is 0. The standard InChI is InChI=1S/C18H20FNO/c1-13(2)15-10-8-14(9-11-15)12-20(3)18(21)16-6-4-5-7-17(16)19/h4-11,13H,12H2,1-3H3. The van der Waals surface area contributed by atoms with Crippen LogP contribution in [0.25, 0.3) is 0 Å². The van der Waals surface area contributed by atoms with E-state index in [1.807, 2.05) is 12.1 Å². The van der Waals surface area contributed by atoms with Crippen molar-refractivity contribution in [1.82, 2.24) is 4.90 Å². The van der Waals surface area contributed by atoms with Crippen LogP contribution in [-0.4, -0.2) is 17.9 Å². The molecule has 0 N–H and O–H groups in total. The molecule has 21 heavy (non-hydrogen) atoms. The molecule has 0 fully saturated rings. The smallest absolute Gasteiger partial charge is 0.256 e. The molecule has 3 heteroatoms. The average Bonchev–Trinajstić information content (AvgIpc) is 2.47. The fraction of sp³-hybridized carbons (Fsp3) is 0.278. The zero-order valence-electron chi connectivity index (χ0n) is 12.6. The third kappa shape index (κ3) is 3.69. The molecule has 0 saturated carbocycles. The molecule has 0 aliphatic carbocycles. The lowest BCUT2D eigenvalue weighted by molar-refractivity contribution is 0.0780. The number of carbonyl (C=O) groups excluding carboxylic acids is 1. The number of carbonyl (C=O) groups is 1. The van der Waals surface area contributed by atoms with Gasteiger partial charge in [0.25, 0.3) is 5.91 Å². The lowest BCUT2D eigenvalue weighted by Crippen LogP contribution is -2.27.